The average molecular weight is 1130 g/mol. The highest BCUT2D eigenvalue weighted by Crippen LogP contribution is 2.35. The summed E-state index contributed by atoms with van der Waals surface area (Å²) in [5.74, 6) is 3.70. The molecule has 0 aliphatic rings. The van der Waals surface area contributed by atoms with Crippen LogP contribution in [0, 0.1) is 20.2 Å². The Kier molecular flexibility index (Phi) is 15.6. The number of nitrogens with one attached hydrogen (secondary N) is 1. The number of para-hydroxylation sites is 2. The van der Waals surface area contributed by atoms with Crippen LogP contribution >= 0.6 is 11.6 Å². The van der Waals surface area contributed by atoms with Crippen molar-refractivity contribution in [2.45, 2.75) is 0 Å². The third kappa shape index (κ3) is 12.2. The number of aromatic nitrogens is 8. The molecule has 0 saturated carbocycles. The normalized spacial score (nSPS) is 10.8. The second-order valence-electron chi connectivity index (χ2n) is 19.4. The zero-order valence-electron chi connectivity index (χ0n) is 45.1. The van der Waals surface area contributed by atoms with E-state index in [0.29, 0.717) is 51.1 Å². The van der Waals surface area contributed by atoms with Crippen LogP contribution in [-0.2, 0) is 0 Å². The second kappa shape index (κ2) is 24.6. The molecular formula is C70H47ClN10O4. The molecule has 14 rings (SSSR count). The van der Waals surface area contributed by atoms with E-state index in [2.05, 4.69) is 30.6 Å². The number of H-pyrrole nitrogens is 1. The minimum absolute atomic E-state index is 0.0890. The maximum atomic E-state index is 11.6. The van der Waals surface area contributed by atoms with Crippen LogP contribution in [-0.4, -0.2) is 49.3 Å². The van der Waals surface area contributed by atoms with Gasteiger partial charge in [0.1, 0.15) is 0 Å². The molecule has 15 heteroatoms. The van der Waals surface area contributed by atoms with Crippen molar-refractivity contribution in [2.75, 3.05) is 0 Å². The lowest BCUT2D eigenvalue weighted by Crippen LogP contribution is -2.00. The topological polar surface area (TPSA) is 184 Å². The van der Waals surface area contributed by atoms with Gasteiger partial charge >= 0.3 is 0 Å². The molecule has 0 atom stereocenters. The molecule has 10 aromatic carbocycles. The number of fused-ring (bicyclic) bond motifs is 2. The molecule has 0 aliphatic carbocycles. The Morgan fingerprint density at radius 1 is 0.353 bits per heavy atom. The number of benzene rings is 10. The predicted molar refractivity (Wildman–Crippen MR) is 337 cm³/mol. The molecule has 1 N–H and O–H groups in total. The van der Waals surface area contributed by atoms with Crippen LogP contribution in [0.5, 0.6) is 0 Å². The van der Waals surface area contributed by atoms with Gasteiger partial charge in [-0.05, 0) is 89.3 Å². The number of nitro benzene ring substituents is 2. The summed E-state index contributed by atoms with van der Waals surface area (Å²) in [5, 5.41) is 25.3. The van der Waals surface area contributed by atoms with E-state index < -0.39 is 0 Å². The fraction of sp³-hybridized carbons (Fsp3) is 0. The monoisotopic (exact) mass is 1130 g/mol. The van der Waals surface area contributed by atoms with E-state index in [-0.39, 0.29) is 21.2 Å². The summed E-state index contributed by atoms with van der Waals surface area (Å²) in [4.78, 5) is 53.5. The second-order valence-corrected chi connectivity index (χ2v) is 19.9. The van der Waals surface area contributed by atoms with E-state index in [9.17, 15) is 20.2 Å². The van der Waals surface area contributed by atoms with Gasteiger partial charge in [0, 0.05) is 79.5 Å². The largest absolute Gasteiger partial charge is 0.361 e. The Morgan fingerprint density at radius 3 is 1.22 bits per heavy atom. The van der Waals surface area contributed by atoms with Crippen LogP contribution in [0.3, 0.4) is 0 Å². The smallest absolute Gasteiger partial charge is 0.277 e. The Labute approximate surface area is 492 Å². The number of aromatic amines is 1. The van der Waals surface area contributed by atoms with Crippen LogP contribution < -0.4 is 0 Å². The lowest BCUT2D eigenvalue weighted by Gasteiger charge is -2.11. The van der Waals surface area contributed by atoms with Gasteiger partial charge in [0.25, 0.3) is 11.4 Å². The highest BCUT2D eigenvalue weighted by molar-refractivity contribution is 6.30. The first-order valence-corrected chi connectivity index (χ1v) is 27.3. The van der Waals surface area contributed by atoms with Crippen molar-refractivity contribution >= 4 is 44.8 Å². The van der Waals surface area contributed by atoms with E-state index in [1.165, 1.54) is 12.1 Å². The SMILES string of the molecule is Clc1cccc(-c2nc(-c3ccccc3)nc(-c3ccccc3)n2)c1.O=[N+]([O-])c1ccccc1-c1ccc2[nH]ccc2c1.O=[N+]([O-])c1ccccc1-c1ccc2c(ccn2-c2cccc(-c3nc(-c4ccccc4)nc(-c4ccccc4)n3)c2)c1. The van der Waals surface area contributed by atoms with Crippen molar-refractivity contribution in [2.24, 2.45) is 0 Å². The predicted octanol–water partition coefficient (Wildman–Crippen LogP) is 17.7. The molecule has 0 radical (unpaired) electrons. The van der Waals surface area contributed by atoms with Gasteiger partial charge in [0.05, 0.1) is 26.5 Å². The molecule has 0 spiro atoms. The first-order chi connectivity index (χ1) is 41.7. The van der Waals surface area contributed by atoms with Gasteiger partial charge in [0.15, 0.2) is 34.9 Å². The molecule has 4 heterocycles. The van der Waals surface area contributed by atoms with Crippen molar-refractivity contribution in [3.63, 3.8) is 0 Å². The van der Waals surface area contributed by atoms with E-state index >= 15 is 0 Å². The first-order valence-electron chi connectivity index (χ1n) is 27.0. The average Bonchev–Trinajstić information content (AvgIpc) is 4.47. The van der Waals surface area contributed by atoms with Gasteiger partial charge < -0.3 is 9.55 Å². The van der Waals surface area contributed by atoms with Gasteiger partial charge in [-0.3, -0.25) is 20.2 Å². The molecule has 0 aliphatic heterocycles. The van der Waals surface area contributed by atoms with Crippen molar-refractivity contribution in [1.82, 2.24) is 39.5 Å². The number of rotatable bonds is 11. The zero-order valence-corrected chi connectivity index (χ0v) is 45.8. The van der Waals surface area contributed by atoms with Gasteiger partial charge in [0.2, 0.25) is 0 Å². The number of nitrogens with zero attached hydrogens (tertiary/aromatic N) is 9. The van der Waals surface area contributed by atoms with Crippen LogP contribution in [0.4, 0.5) is 11.4 Å². The summed E-state index contributed by atoms with van der Waals surface area (Å²) in [6.45, 7) is 0. The lowest BCUT2D eigenvalue weighted by molar-refractivity contribution is -0.384. The van der Waals surface area contributed by atoms with Crippen molar-refractivity contribution in [3.8, 4) is 96.3 Å². The van der Waals surface area contributed by atoms with Crippen molar-refractivity contribution in [1.29, 1.82) is 0 Å². The summed E-state index contributed by atoms with van der Waals surface area (Å²) in [6.07, 6.45) is 3.86. The first kappa shape index (κ1) is 54.0. The third-order valence-corrected chi connectivity index (χ3v) is 14.2. The summed E-state index contributed by atoms with van der Waals surface area (Å²) in [5.41, 5.74) is 11.5. The number of nitro groups is 2. The molecule has 4 aromatic heterocycles. The standard InChI is InChI=1S/C35H23N5O2.C21H14ClN3.C14H10N2O2/c41-40(42)32-17-8-7-16-30(32)26-18-19-31-27(22-26)20-21-39(31)29-15-9-14-28(23-29)35-37-33(24-10-3-1-4-11-24)36-34(38-35)25-12-5-2-6-13-25;22-18-13-7-12-17(14-18)21-24-19(15-8-3-1-4-9-15)23-20(25-21)16-10-5-2-6-11-16;17-16(18)14-4-2-1-3-12(14)10-5-6-13-11(9-10)7-8-15-13/h1-23H;1-14H;1-9,15H. The van der Waals surface area contributed by atoms with Crippen LogP contribution in [0.15, 0.2) is 279 Å². The molecule has 0 fully saturated rings. The Balaban J connectivity index is 0.000000139. The van der Waals surface area contributed by atoms with Crippen molar-refractivity contribution in [3.05, 3.63) is 305 Å². The van der Waals surface area contributed by atoms with Crippen LogP contribution in [0.1, 0.15) is 0 Å². The van der Waals surface area contributed by atoms with Crippen molar-refractivity contribution < 1.29 is 9.85 Å². The number of hydrogen-bond acceptors (Lipinski definition) is 10. The number of halogens is 1. The molecule has 0 bridgehead atoms. The van der Waals surface area contributed by atoms with Crippen LogP contribution in [0.2, 0.25) is 5.02 Å². The molecule has 14 nitrogen and oxygen atoms in total. The van der Waals surface area contributed by atoms with E-state index in [0.717, 1.165) is 72.0 Å². The molecule has 0 unspecified atom stereocenters. The molecule has 0 saturated heterocycles. The maximum Gasteiger partial charge on any atom is 0.277 e. The summed E-state index contributed by atoms with van der Waals surface area (Å²) in [6, 6.07) is 84.5. The minimum Gasteiger partial charge on any atom is -0.361 e. The Morgan fingerprint density at radius 2 is 0.753 bits per heavy atom. The number of hydrogen-bond donors (Lipinski definition) is 1. The highest BCUT2D eigenvalue weighted by Gasteiger charge is 2.18. The van der Waals surface area contributed by atoms with Gasteiger partial charge in [-0.15, -0.1) is 0 Å². The third-order valence-electron chi connectivity index (χ3n) is 13.9. The molecule has 14 aromatic rings. The minimum atomic E-state index is -0.351. The molecule has 408 valence electrons. The lowest BCUT2D eigenvalue weighted by atomic mass is 10.0. The summed E-state index contributed by atoms with van der Waals surface area (Å²) in [7, 11) is 0. The van der Waals surface area contributed by atoms with E-state index in [1.54, 1.807) is 24.3 Å². The summed E-state index contributed by atoms with van der Waals surface area (Å²) < 4.78 is 2.10. The van der Waals surface area contributed by atoms with Gasteiger partial charge in [-0.1, -0.05) is 194 Å². The molecule has 85 heavy (non-hydrogen) atoms. The maximum absolute atomic E-state index is 11.6. The van der Waals surface area contributed by atoms with Gasteiger partial charge in [-0.25, -0.2) is 29.9 Å². The van der Waals surface area contributed by atoms with Crippen LogP contribution in [0.25, 0.3) is 118 Å². The Bertz CT molecular complexity index is 4580. The fourth-order valence-corrected chi connectivity index (χ4v) is 10.00. The molecular weight excluding hydrogens is 1080 g/mol. The van der Waals surface area contributed by atoms with Gasteiger partial charge in [-0.2, -0.15) is 0 Å². The summed E-state index contributed by atoms with van der Waals surface area (Å²) >= 11 is 6.14. The quantitative estimate of drug-likeness (QED) is 0.0965. The molecule has 0 amide bonds. The zero-order chi connectivity index (χ0) is 58.1. The van der Waals surface area contributed by atoms with E-state index in [1.807, 2.05) is 237 Å². The fourth-order valence-electron chi connectivity index (χ4n) is 9.81. The highest BCUT2D eigenvalue weighted by atomic mass is 35.5. The van der Waals surface area contributed by atoms with E-state index in [4.69, 9.17) is 26.6 Å². The Hall–Kier alpha value is -11.6.